The van der Waals surface area contributed by atoms with Crippen LogP contribution < -0.4 is 5.32 Å². The molecule has 0 fully saturated rings. The molecule has 1 N–H and O–H groups in total. The van der Waals surface area contributed by atoms with Crippen molar-refractivity contribution in [2.45, 2.75) is 13.3 Å². The number of pyridine rings is 1. The van der Waals surface area contributed by atoms with E-state index in [0.29, 0.717) is 5.69 Å². The number of aromatic nitrogens is 4. The monoisotopic (exact) mass is 409 g/mol. The Balaban J connectivity index is 1.56. The lowest BCUT2D eigenvalue weighted by Gasteiger charge is -2.10. The van der Waals surface area contributed by atoms with Crippen LogP contribution in [0.5, 0.6) is 0 Å². The van der Waals surface area contributed by atoms with Gasteiger partial charge < -0.3 is 9.72 Å². The highest BCUT2D eigenvalue weighted by Crippen LogP contribution is 2.21. The number of hydrogen-bond donors (Lipinski definition) is 1. The lowest BCUT2D eigenvalue weighted by atomic mass is 10.2. The van der Waals surface area contributed by atoms with Crippen molar-refractivity contribution in [2.75, 3.05) is 5.32 Å². The number of para-hydroxylation sites is 2. The van der Waals surface area contributed by atoms with Crippen LogP contribution in [-0.4, -0.2) is 25.1 Å². The average molecular weight is 410 g/mol. The van der Waals surface area contributed by atoms with Gasteiger partial charge >= 0.3 is 0 Å². The maximum Gasteiger partial charge on any atom is 0.230 e. The highest BCUT2D eigenvalue weighted by molar-refractivity contribution is 9.10. The Morgan fingerprint density at radius 1 is 1.19 bits per heavy atom. The summed E-state index contributed by atoms with van der Waals surface area (Å²) in [6.45, 7) is 2.00. The van der Waals surface area contributed by atoms with Gasteiger partial charge in [0.05, 0.1) is 34.2 Å². The summed E-state index contributed by atoms with van der Waals surface area (Å²) in [4.78, 5) is 17.1. The van der Waals surface area contributed by atoms with Crippen molar-refractivity contribution in [3.05, 3.63) is 76.9 Å². The molecule has 0 spiro atoms. The minimum Gasteiger partial charge on any atom is -0.324 e. The fourth-order valence-electron chi connectivity index (χ4n) is 2.86. The second-order valence-corrected chi connectivity index (χ2v) is 6.92. The number of anilines is 1. The molecule has 130 valence electrons. The number of amides is 1. The molecule has 0 atom stereocenters. The van der Waals surface area contributed by atoms with Gasteiger partial charge in [-0.05, 0) is 46.6 Å². The molecular weight excluding hydrogens is 394 g/mol. The zero-order chi connectivity index (χ0) is 18.1. The Morgan fingerprint density at radius 3 is 2.81 bits per heavy atom. The molecule has 26 heavy (non-hydrogen) atoms. The number of fused-ring (bicyclic) bond motifs is 1. The molecular formula is C19H16BrN5O. The molecule has 0 radical (unpaired) electrons. The minimum absolute atomic E-state index is 0.121. The second kappa shape index (κ2) is 6.76. The number of nitrogens with one attached hydrogen (secondary N) is 1. The van der Waals surface area contributed by atoms with Crippen molar-refractivity contribution in [3.63, 3.8) is 0 Å². The van der Waals surface area contributed by atoms with Gasteiger partial charge in [-0.2, -0.15) is 5.10 Å². The van der Waals surface area contributed by atoms with Crippen LogP contribution in [0.3, 0.4) is 0 Å². The van der Waals surface area contributed by atoms with E-state index in [1.807, 2.05) is 66.3 Å². The first kappa shape index (κ1) is 16.5. The Bertz CT molecular complexity index is 1100. The van der Waals surface area contributed by atoms with E-state index >= 15 is 0 Å². The number of imidazole rings is 1. The summed E-state index contributed by atoms with van der Waals surface area (Å²) in [6.07, 6.45) is 7.58. The van der Waals surface area contributed by atoms with Crippen LogP contribution in [-0.2, 0) is 11.2 Å². The summed E-state index contributed by atoms with van der Waals surface area (Å²) in [6, 6.07) is 11.5. The number of benzene rings is 1. The molecule has 4 rings (SSSR count). The maximum atomic E-state index is 12.5. The van der Waals surface area contributed by atoms with E-state index in [0.717, 1.165) is 27.1 Å². The van der Waals surface area contributed by atoms with E-state index in [9.17, 15) is 4.79 Å². The predicted octanol–water partition coefficient (Wildman–Crippen LogP) is 3.77. The van der Waals surface area contributed by atoms with Crippen molar-refractivity contribution < 1.29 is 4.79 Å². The van der Waals surface area contributed by atoms with Gasteiger partial charge in [-0.3, -0.25) is 4.79 Å². The minimum atomic E-state index is -0.121. The fourth-order valence-corrected chi connectivity index (χ4v) is 3.15. The first-order chi connectivity index (χ1) is 12.6. The summed E-state index contributed by atoms with van der Waals surface area (Å²) < 4.78 is 4.53. The van der Waals surface area contributed by atoms with Crippen LogP contribution in [0.1, 0.15) is 11.3 Å². The maximum absolute atomic E-state index is 12.5. The smallest absolute Gasteiger partial charge is 0.230 e. The van der Waals surface area contributed by atoms with Gasteiger partial charge in [-0.15, -0.1) is 0 Å². The van der Waals surface area contributed by atoms with E-state index < -0.39 is 0 Å². The molecule has 0 unspecified atom stereocenters. The molecule has 0 aliphatic rings. The molecule has 6 nitrogen and oxygen atoms in total. The van der Waals surface area contributed by atoms with Crippen molar-refractivity contribution >= 4 is 33.2 Å². The van der Waals surface area contributed by atoms with Crippen LogP contribution in [0.15, 0.2) is 65.7 Å². The van der Waals surface area contributed by atoms with Gasteiger partial charge in [-0.25, -0.2) is 9.67 Å². The van der Waals surface area contributed by atoms with Crippen LogP contribution in [0, 0.1) is 6.92 Å². The van der Waals surface area contributed by atoms with Gasteiger partial charge in [0.2, 0.25) is 5.91 Å². The van der Waals surface area contributed by atoms with Crippen LogP contribution >= 0.6 is 15.9 Å². The lowest BCUT2D eigenvalue weighted by Crippen LogP contribution is -2.16. The largest absolute Gasteiger partial charge is 0.324 e. The van der Waals surface area contributed by atoms with Gasteiger partial charge in [0.15, 0.2) is 0 Å². The normalized spacial score (nSPS) is 11.0. The quantitative estimate of drug-likeness (QED) is 0.557. The standard InChI is InChI=1S/C19H16BrN5O/c1-13-5-4-8-24-12-15(22-19(13)24)9-18(26)23-16-6-2-3-7-17(16)25-11-14(20)10-21-25/h2-8,10-12H,9H2,1H3,(H,23,26). The number of nitrogens with zero attached hydrogens (tertiary/aromatic N) is 4. The number of carbonyl (C=O) groups excluding carboxylic acids is 1. The van der Waals surface area contributed by atoms with E-state index in [2.05, 4.69) is 31.3 Å². The van der Waals surface area contributed by atoms with Crippen molar-refractivity contribution in [2.24, 2.45) is 0 Å². The number of carbonyl (C=O) groups is 1. The summed E-state index contributed by atoms with van der Waals surface area (Å²) in [7, 11) is 0. The van der Waals surface area contributed by atoms with E-state index in [-0.39, 0.29) is 12.3 Å². The highest BCUT2D eigenvalue weighted by atomic mass is 79.9. The third-order valence-electron chi connectivity index (χ3n) is 4.05. The van der Waals surface area contributed by atoms with Gasteiger partial charge in [0, 0.05) is 18.6 Å². The summed E-state index contributed by atoms with van der Waals surface area (Å²) in [5.41, 5.74) is 4.19. The molecule has 1 amide bonds. The highest BCUT2D eigenvalue weighted by Gasteiger charge is 2.12. The van der Waals surface area contributed by atoms with Crippen LogP contribution in [0.4, 0.5) is 5.69 Å². The first-order valence-corrected chi connectivity index (χ1v) is 8.92. The molecule has 0 aliphatic heterocycles. The summed E-state index contributed by atoms with van der Waals surface area (Å²) >= 11 is 3.39. The van der Waals surface area contributed by atoms with Gasteiger partial charge in [0.25, 0.3) is 0 Å². The van der Waals surface area contributed by atoms with Crippen LogP contribution in [0.25, 0.3) is 11.3 Å². The van der Waals surface area contributed by atoms with E-state index in [1.54, 1.807) is 10.9 Å². The van der Waals surface area contributed by atoms with Crippen molar-refractivity contribution in [3.8, 4) is 5.69 Å². The zero-order valence-corrected chi connectivity index (χ0v) is 15.6. The molecule has 7 heteroatoms. The Kier molecular flexibility index (Phi) is 4.30. The summed E-state index contributed by atoms with van der Waals surface area (Å²) in [5, 5.41) is 7.24. The molecule has 0 saturated carbocycles. The lowest BCUT2D eigenvalue weighted by molar-refractivity contribution is -0.115. The Labute approximate surface area is 158 Å². The summed E-state index contributed by atoms with van der Waals surface area (Å²) in [5.74, 6) is -0.121. The molecule has 4 aromatic rings. The third kappa shape index (κ3) is 3.25. The van der Waals surface area contributed by atoms with E-state index in [4.69, 9.17) is 0 Å². The average Bonchev–Trinajstić information content (AvgIpc) is 3.22. The molecule has 1 aromatic carbocycles. The SMILES string of the molecule is Cc1cccn2cc(CC(=O)Nc3ccccc3-n3cc(Br)cn3)nc12. The van der Waals surface area contributed by atoms with Crippen LogP contribution in [0.2, 0.25) is 0 Å². The topological polar surface area (TPSA) is 64.2 Å². The second-order valence-electron chi connectivity index (χ2n) is 6.00. The first-order valence-electron chi connectivity index (χ1n) is 8.13. The van der Waals surface area contributed by atoms with Crippen molar-refractivity contribution in [1.82, 2.24) is 19.2 Å². The molecule has 0 aliphatic carbocycles. The number of rotatable bonds is 4. The number of aryl methyl sites for hydroxylation is 1. The zero-order valence-electron chi connectivity index (χ0n) is 14.1. The predicted molar refractivity (Wildman–Crippen MR) is 104 cm³/mol. The molecule has 0 saturated heterocycles. The van der Waals surface area contributed by atoms with Crippen molar-refractivity contribution in [1.29, 1.82) is 0 Å². The molecule has 0 bridgehead atoms. The molecule has 3 aromatic heterocycles. The third-order valence-corrected chi connectivity index (χ3v) is 4.46. The number of hydrogen-bond acceptors (Lipinski definition) is 3. The Hall–Kier alpha value is -2.93. The Morgan fingerprint density at radius 2 is 2.04 bits per heavy atom. The number of halogens is 1. The van der Waals surface area contributed by atoms with Gasteiger partial charge in [-0.1, -0.05) is 18.2 Å². The van der Waals surface area contributed by atoms with Gasteiger partial charge in [0.1, 0.15) is 5.65 Å². The molecule has 3 heterocycles. The fraction of sp³-hybridized carbons (Fsp3) is 0.105. The van der Waals surface area contributed by atoms with E-state index in [1.165, 1.54) is 0 Å².